The summed E-state index contributed by atoms with van der Waals surface area (Å²) in [6.07, 6.45) is 16.1. The first-order valence-corrected chi connectivity index (χ1v) is 12.4. The third-order valence-corrected chi connectivity index (χ3v) is 7.95. The average molecular weight is 389 g/mol. The van der Waals surface area contributed by atoms with Crippen molar-refractivity contribution in [3.8, 4) is 11.1 Å². The molecule has 2 aliphatic carbocycles. The third-order valence-electron chi connectivity index (χ3n) is 7.95. The zero-order chi connectivity index (χ0) is 20.1. The molecule has 2 aromatic carbocycles. The molecule has 0 aliphatic heterocycles. The van der Waals surface area contributed by atoms with Gasteiger partial charge >= 0.3 is 0 Å². The van der Waals surface area contributed by atoms with Gasteiger partial charge in [-0.05, 0) is 79.4 Å². The molecule has 0 heteroatoms. The van der Waals surface area contributed by atoms with Gasteiger partial charge in [0.05, 0.1) is 0 Å². The van der Waals surface area contributed by atoms with Crippen molar-refractivity contribution in [3.05, 3.63) is 59.7 Å². The first-order valence-electron chi connectivity index (χ1n) is 12.4. The molecule has 2 aliphatic rings. The highest BCUT2D eigenvalue weighted by atomic mass is 14.4. The van der Waals surface area contributed by atoms with E-state index in [9.17, 15) is 0 Å². The van der Waals surface area contributed by atoms with E-state index < -0.39 is 0 Å². The van der Waals surface area contributed by atoms with Gasteiger partial charge in [-0.15, -0.1) is 0 Å². The van der Waals surface area contributed by atoms with Crippen molar-refractivity contribution in [2.45, 2.75) is 90.4 Å². The Morgan fingerprint density at radius 3 is 2.07 bits per heavy atom. The first-order chi connectivity index (χ1) is 14.2. The minimum atomic E-state index is 0.796. The van der Waals surface area contributed by atoms with E-state index in [1.54, 1.807) is 5.56 Å². The lowest BCUT2D eigenvalue weighted by molar-refractivity contribution is 0.113. The molecule has 0 saturated heterocycles. The molecule has 156 valence electrons. The number of unbranched alkanes of at least 4 members (excludes halogenated alkanes) is 3. The van der Waals surface area contributed by atoms with Gasteiger partial charge in [0.15, 0.2) is 0 Å². The molecule has 29 heavy (non-hydrogen) atoms. The Morgan fingerprint density at radius 1 is 0.690 bits per heavy atom. The number of rotatable bonds is 7. The topological polar surface area (TPSA) is 0 Å². The van der Waals surface area contributed by atoms with Crippen molar-refractivity contribution >= 4 is 0 Å². The second kappa shape index (κ2) is 9.96. The van der Waals surface area contributed by atoms with E-state index in [-0.39, 0.29) is 0 Å². The van der Waals surface area contributed by atoms with Crippen LogP contribution in [0, 0.1) is 24.7 Å². The average Bonchev–Trinajstić information content (AvgIpc) is 2.77. The van der Waals surface area contributed by atoms with Crippen molar-refractivity contribution in [2.75, 3.05) is 0 Å². The van der Waals surface area contributed by atoms with Crippen molar-refractivity contribution in [3.63, 3.8) is 0 Å². The molecule has 0 spiro atoms. The predicted molar refractivity (Wildman–Crippen MR) is 126 cm³/mol. The highest BCUT2D eigenvalue weighted by Crippen LogP contribution is 2.48. The molecule has 2 fully saturated rings. The van der Waals surface area contributed by atoms with E-state index in [0.29, 0.717) is 0 Å². The summed E-state index contributed by atoms with van der Waals surface area (Å²) in [6, 6.07) is 18.4. The minimum absolute atomic E-state index is 0.796. The molecule has 0 radical (unpaired) electrons. The third kappa shape index (κ3) is 5.33. The van der Waals surface area contributed by atoms with Crippen LogP contribution < -0.4 is 0 Å². The minimum Gasteiger partial charge on any atom is -0.0654 e. The highest BCUT2D eigenvalue weighted by Gasteiger charge is 2.35. The lowest BCUT2D eigenvalue weighted by Gasteiger charge is -2.42. The van der Waals surface area contributed by atoms with Crippen LogP contribution in [0.3, 0.4) is 0 Å². The summed E-state index contributed by atoms with van der Waals surface area (Å²) in [7, 11) is 0. The Morgan fingerprint density at radius 2 is 1.34 bits per heavy atom. The van der Waals surface area contributed by atoms with Crippen LogP contribution in [0.15, 0.2) is 48.5 Å². The van der Waals surface area contributed by atoms with Gasteiger partial charge in [0, 0.05) is 0 Å². The number of fused-ring (bicyclic) bond motifs is 1. The second-order valence-electron chi connectivity index (χ2n) is 10.0. The number of hydrogen-bond acceptors (Lipinski definition) is 0. The van der Waals surface area contributed by atoms with E-state index in [1.165, 1.54) is 87.3 Å². The molecular weight excluding hydrogens is 348 g/mol. The predicted octanol–water partition coefficient (Wildman–Crippen LogP) is 8.93. The van der Waals surface area contributed by atoms with Crippen molar-refractivity contribution < 1.29 is 0 Å². The van der Waals surface area contributed by atoms with Gasteiger partial charge in [0.2, 0.25) is 0 Å². The highest BCUT2D eigenvalue weighted by molar-refractivity contribution is 5.64. The van der Waals surface area contributed by atoms with Crippen molar-refractivity contribution in [1.29, 1.82) is 0 Å². The van der Waals surface area contributed by atoms with E-state index in [0.717, 1.165) is 23.7 Å². The van der Waals surface area contributed by atoms with Gasteiger partial charge in [-0.1, -0.05) is 99.5 Å². The zero-order valence-electron chi connectivity index (χ0n) is 18.7. The van der Waals surface area contributed by atoms with Gasteiger partial charge < -0.3 is 0 Å². The van der Waals surface area contributed by atoms with E-state index in [4.69, 9.17) is 0 Å². The summed E-state index contributed by atoms with van der Waals surface area (Å²) in [5.74, 6) is 3.86. The smallest absolute Gasteiger partial charge is 0.0159 e. The number of aryl methyl sites for hydroxylation is 1. The SMILES string of the molecule is CCCCCCC1CC[C@@H]2C[C@H](c3ccc(-c4ccc(C)cc4)cc3)CC[C@@H]2C1. The summed E-state index contributed by atoms with van der Waals surface area (Å²) in [4.78, 5) is 0. The standard InChI is InChI=1S/C29H40/c1-3-4-5-6-7-23-10-13-29-21-28(19-18-27(29)20-23)26-16-14-25(15-17-26)24-11-8-22(2)9-12-24/h8-9,11-12,14-17,23,27-29H,3-7,10,13,18-21H2,1-2H3/t23?,27-,28-,29-/m1/s1. The molecule has 2 saturated carbocycles. The second-order valence-corrected chi connectivity index (χ2v) is 10.0. The van der Waals surface area contributed by atoms with Gasteiger partial charge in [-0.25, -0.2) is 0 Å². The fraction of sp³-hybridized carbons (Fsp3) is 0.586. The lowest BCUT2D eigenvalue weighted by Crippen LogP contribution is -2.30. The molecule has 0 bridgehead atoms. The van der Waals surface area contributed by atoms with Crippen molar-refractivity contribution in [2.24, 2.45) is 17.8 Å². The van der Waals surface area contributed by atoms with Crippen LogP contribution >= 0.6 is 0 Å². The zero-order valence-corrected chi connectivity index (χ0v) is 18.7. The lowest BCUT2D eigenvalue weighted by atomic mass is 9.63. The maximum atomic E-state index is 2.42. The van der Waals surface area contributed by atoms with Crippen LogP contribution in [0.2, 0.25) is 0 Å². The fourth-order valence-electron chi connectivity index (χ4n) is 6.10. The summed E-state index contributed by atoms with van der Waals surface area (Å²) < 4.78 is 0. The Hall–Kier alpha value is -1.56. The Bertz CT molecular complexity index is 739. The largest absolute Gasteiger partial charge is 0.0654 e. The van der Waals surface area contributed by atoms with Crippen LogP contribution in [-0.2, 0) is 0 Å². The first kappa shape index (κ1) is 20.7. The molecule has 0 nitrogen and oxygen atoms in total. The van der Waals surface area contributed by atoms with Gasteiger partial charge in [-0.2, -0.15) is 0 Å². The van der Waals surface area contributed by atoms with Crippen LogP contribution in [0.4, 0.5) is 0 Å². The summed E-state index contributed by atoms with van der Waals surface area (Å²) in [6.45, 7) is 4.48. The van der Waals surface area contributed by atoms with Crippen LogP contribution in [0.1, 0.15) is 94.6 Å². The maximum Gasteiger partial charge on any atom is -0.0159 e. The summed E-state index contributed by atoms with van der Waals surface area (Å²) >= 11 is 0. The molecule has 0 amide bonds. The molecular formula is C29H40. The molecule has 0 aromatic heterocycles. The van der Waals surface area contributed by atoms with Crippen LogP contribution in [-0.4, -0.2) is 0 Å². The fourth-order valence-corrected chi connectivity index (χ4v) is 6.10. The maximum absolute atomic E-state index is 2.42. The molecule has 0 heterocycles. The van der Waals surface area contributed by atoms with Crippen molar-refractivity contribution in [1.82, 2.24) is 0 Å². The monoisotopic (exact) mass is 388 g/mol. The van der Waals surface area contributed by atoms with Crippen LogP contribution in [0.25, 0.3) is 11.1 Å². The van der Waals surface area contributed by atoms with E-state index >= 15 is 0 Å². The van der Waals surface area contributed by atoms with Gasteiger partial charge in [-0.3, -0.25) is 0 Å². The van der Waals surface area contributed by atoms with E-state index in [1.807, 2.05) is 0 Å². The Balaban J connectivity index is 1.30. The summed E-state index contributed by atoms with van der Waals surface area (Å²) in [5.41, 5.74) is 5.60. The van der Waals surface area contributed by atoms with Gasteiger partial charge in [0.25, 0.3) is 0 Å². The molecule has 4 rings (SSSR count). The number of hydrogen-bond donors (Lipinski definition) is 0. The Kier molecular flexibility index (Phi) is 7.11. The van der Waals surface area contributed by atoms with Gasteiger partial charge in [0.1, 0.15) is 0 Å². The molecule has 0 N–H and O–H groups in total. The number of benzene rings is 2. The summed E-state index contributed by atoms with van der Waals surface area (Å²) in [5, 5.41) is 0. The molecule has 4 atom stereocenters. The van der Waals surface area contributed by atoms with Crippen LogP contribution in [0.5, 0.6) is 0 Å². The van der Waals surface area contributed by atoms with E-state index in [2.05, 4.69) is 62.4 Å². The quantitative estimate of drug-likeness (QED) is 0.415. The normalized spacial score (nSPS) is 26.8. The Labute approximate surface area is 179 Å². The molecule has 1 unspecified atom stereocenters. The molecule has 2 aromatic rings.